The molecule has 13 nitrogen and oxygen atoms in total. The first-order chi connectivity index (χ1) is 28.5. The summed E-state index contributed by atoms with van der Waals surface area (Å²) in [5, 5.41) is 17.7. The van der Waals surface area contributed by atoms with E-state index in [4.69, 9.17) is 17.4 Å². The van der Waals surface area contributed by atoms with E-state index in [0.29, 0.717) is 55.3 Å². The molecule has 3 aromatic rings. The summed E-state index contributed by atoms with van der Waals surface area (Å²) in [7, 11) is 0. The number of amides is 4. The predicted octanol–water partition coefficient (Wildman–Crippen LogP) is 6.64. The molecular formula is C43H49F3N8O5S. The normalized spacial score (nSPS) is 22.6. The van der Waals surface area contributed by atoms with Crippen molar-refractivity contribution in [2.45, 2.75) is 107 Å². The lowest BCUT2D eigenvalue weighted by atomic mass is 9.75. The van der Waals surface area contributed by atoms with Crippen molar-refractivity contribution < 1.29 is 37.1 Å². The Labute approximate surface area is 352 Å². The van der Waals surface area contributed by atoms with Crippen LogP contribution in [-0.4, -0.2) is 75.8 Å². The molecule has 1 saturated carbocycles. The van der Waals surface area contributed by atoms with Crippen molar-refractivity contribution in [3.63, 3.8) is 0 Å². The van der Waals surface area contributed by atoms with Gasteiger partial charge in [-0.3, -0.25) is 34.3 Å². The van der Waals surface area contributed by atoms with Gasteiger partial charge in [0.1, 0.15) is 23.4 Å². The fourth-order valence-corrected chi connectivity index (χ4v) is 9.53. The summed E-state index contributed by atoms with van der Waals surface area (Å²) < 4.78 is 47.9. The van der Waals surface area contributed by atoms with Gasteiger partial charge in [0.05, 0.1) is 30.6 Å². The molecule has 0 bridgehead atoms. The van der Waals surface area contributed by atoms with E-state index in [1.165, 1.54) is 11.0 Å². The van der Waals surface area contributed by atoms with Crippen molar-refractivity contribution in [2.24, 2.45) is 5.92 Å². The number of nitrogens with one attached hydrogen (secondary N) is 3. The van der Waals surface area contributed by atoms with E-state index in [2.05, 4.69) is 39.7 Å². The molecule has 1 aromatic heterocycles. The van der Waals surface area contributed by atoms with Crippen molar-refractivity contribution >= 4 is 59.0 Å². The Kier molecular flexibility index (Phi) is 12.1. The molecule has 3 unspecified atom stereocenters. The summed E-state index contributed by atoms with van der Waals surface area (Å²) in [5.74, 6) is -0.0450. The number of benzene rings is 2. The van der Waals surface area contributed by atoms with E-state index < -0.39 is 34.5 Å². The Hall–Kier alpha value is -5.34. The molecule has 2 aromatic carbocycles. The second-order valence-corrected chi connectivity index (χ2v) is 17.1. The van der Waals surface area contributed by atoms with Gasteiger partial charge in [0.15, 0.2) is 11.2 Å². The van der Waals surface area contributed by atoms with Crippen molar-refractivity contribution in [3.05, 3.63) is 71.5 Å². The molecule has 4 fully saturated rings. The van der Waals surface area contributed by atoms with Gasteiger partial charge in [-0.05, 0) is 126 Å². The molecule has 4 amide bonds. The average Bonchev–Trinajstić information content (AvgIpc) is 3.42. The van der Waals surface area contributed by atoms with Crippen molar-refractivity contribution in [1.29, 1.82) is 5.26 Å². The number of aryl methyl sites for hydroxylation is 1. The van der Waals surface area contributed by atoms with Crippen LogP contribution in [0.15, 0.2) is 54.7 Å². The first-order valence-electron chi connectivity index (χ1n) is 20.3. The van der Waals surface area contributed by atoms with Crippen molar-refractivity contribution in [2.75, 3.05) is 40.1 Å². The van der Waals surface area contributed by atoms with E-state index in [1.807, 2.05) is 36.1 Å². The van der Waals surface area contributed by atoms with Crippen LogP contribution < -0.4 is 30.5 Å². The first kappa shape index (κ1) is 42.8. The molecule has 0 radical (unpaired) electrons. The SMILES string of the molecule is CCc1cc(N2C(S)N(c3cnc(C#N)c(C(F)(F)F)c3)C(=O)C23CCC3)ccc1OCCC1CCN(CC(=O)Nc2cccc(NC3CCC(=O)NC3=O)c2)C(C)(C)C1. The number of piperidine rings is 2. The maximum absolute atomic E-state index is 14.0. The van der Waals surface area contributed by atoms with Gasteiger partial charge in [-0.2, -0.15) is 18.4 Å². The summed E-state index contributed by atoms with van der Waals surface area (Å²) in [5.41, 5.74) is -1.24. The number of anilines is 4. The average molecular weight is 847 g/mol. The third-order valence-electron chi connectivity index (χ3n) is 12.3. The molecule has 1 spiro atoms. The van der Waals surface area contributed by atoms with Crippen LogP contribution >= 0.6 is 12.6 Å². The molecule has 3 saturated heterocycles. The van der Waals surface area contributed by atoms with Crippen LogP contribution in [-0.2, 0) is 31.8 Å². The van der Waals surface area contributed by atoms with E-state index in [9.17, 15) is 37.6 Å². The van der Waals surface area contributed by atoms with Crippen LogP contribution in [0.1, 0.15) is 89.0 Å². The Morgan fingerprint density at radius 1 is 1.08 bits per heavy atom. The Morgan fingerprint density at radius 3 is 2.52 bits per heavy atom. The first-order valence-corrected chi connectivity index (χ1v) is 20.8. The molecule has 4 heterocycles. The zero-order valence-electron chi connectivity index (χ0n) is 33.8. The molecule has 3 atom stereocenters. The highest BCUT2D eigenvalue weighted by atomic mass is 32.1. The van der Waals surface area contributed by atoms with Gasteiger partial charge in [0, 0.05) is 29.0 Å². The highest BCUT2D eigenvalue weighted by Gasteiger charge is 2.60. The maximum atomic E-state index is 14.0. The molecule has 3 aliphatic heterocycles. The van der Waals surface area contributed by atoms with Crippen LogP contribution in [0, 0.1) is 17.2 Å². The smallest absolute Gasteiger partial charge is 0.419 e. The van der Waals surface area contributed by atoms with Crippen LogP contribution in [0.5, 0.6) is 5.75 Å². The number of thiol groups is 1. The number of rotatable bonds is 12. The standard InChI is InChI=1S/C43H49F3N8O5S/c1-4-27-19-30(54-40(60)53(39(58)42(54)15-6-16-42)31-21-32(43(44,45)46)34(23-47)48-24-31)9-11-35(27)59-18-14-26-13-17-52(41(2,3)22-26)25-37(56)50-29-8-5-7-28(20-29)49-33-10-12-36(55)51-38(33)57/h5,7-9,11,19-21,24,26,33,40,49,60H,4,6,10,12-18,22,25H2,1-3H3,(H,50,56)(H,51,55,57). The lowest BCUT2D eigenvalue weighted by Crippen LogP contribution is -2.55. The second kappa shape index (κ2) is 17.0. The molecule has 3 N–H and O–H groups in total. The van der Waals surface area contributed by atoms with Crippen LogP contribution in [0.4, 0.5) is 35.9 Å². The summed E-state index contributed by atoms with van der Waals surface area (Å²) >= 11 is 4.79. The number of hydrogen-bond donors (Lipinski definition) is 4. The number of ether oxygens (including phenoxy) is 1. The van der Waals surface area contributed by atoms with E-state index in [0.717, 1.165) is 55.8 Å². The van der Waals surface area contributed by atoms with Gasteiger partial charge in [-0.1, -0.05) is 13.0 Å². The zero-order chi connectivity index (χ0) is 43.0. The highest BCUT2D eigenvalue weighted by Crippen LogP contribution is 2.51. The van der Waals surface area contributed by atoms with Gasteiger partial charge in [0.2, 0.25) is 17.7 Å². The second-order valence-electron chi connectivity index (χ2n) is 16.6. The number of likely N-dealkylation sites (tertiary alicyclic amines) is 1. The third kappa shape index (κ3) is 8.62. The third-order valence-corrected chi connectivity index (χ3v) is 12.7. The monoisotopic (exact) mass is 846 g/mol. The lowest BCUT2D eigenvalue weighted by Gasteiger charge is -2.45. The number of hydrogen-bond acceptors (Lipinski definition) is 11. The molecule has 1 aliphatic carbocycles. The Bertz CT molecular complexity index is 2210. The summed E-state index contributed by atoms with van der Waals surface area (Å²) in [6.45, 7) is 7.75. The van der Waals surface area contributed by atoms with Gasteiger partial charge in [-0.25, -0.2) is 4.98 Å². The minimum atomic E-state index is -4.83. The Balaban J connectivity index is 0.940. The Morgan fingerprint density at radius 2 is 1.85 bits per heavy atom. The zero-order valence-corrected chi connectivity index (χ0v) is 34.7. The minimum absolute atomic E-state index is 0.0723. The fourth-order valence-electron chi connectivity index (χ4n) is 8.94. The van der Waals surface area contributed by atoms with Crippen LogP contribution in [0.3, 0.4) is 0 Å². The quantitative estimate of drug-likeness (QED) is 0.115. The molecular weight excluding hydrogens is 798 g/mol. The molecule has 7 rings (SSSR count). The summed E-state index contributed by atoms with van der Waals surface area (Å²) in [6.07, 6.45) is 2.01. The molecule has 318 valence electrons. The number of halogens is 3. The largest absolute Gasteiger partial charge is 0.493 e. The lowest BCUT2D eigenvalue weighted by molar-refractivity contribution is -0.138. The van der Waals surface area contributed by atoms with E-state index in [-0.39, 0.29) is 47.8 Å². The van der Waals surface area contributed by atoms with Gasteiger partial charge >= 0.3 is 6.18 Å². The van der Waals surface area contributed by atoms with Gasteiger partial charge < -0.3 is 20.3 Å². The number of carbonyl (C=O) groups is 4. The number of nitrogens with zero attached hydrogens (tertiary/aromatic N) is 5. The molecule has 17 heteroatoms. The number of alkyl halides is 3. The van der Waals surface area contributed by atoms with Gasteiger partial charge in [0.25, 0.3) is 5.91 Å². The minimum Gasteiger partial charge on any atom is -0.493 e. The topological polar surface area (TPSA) is 160 Å². The van der Waals surface area contributed by atoms with Crippen molar-refractivity contribution in [1.82, 2.24) is 15.2 Å². The van der Waals surface area contributed by atoms with Crippen LogP contribution in [0.25, 0.3) is 0 Å². The van der Waals surface area contributed by atoms with Gasteiger partial charge in [-0.15, -0.1) is 12.6 Å². The number of aromatic nitrogens is 1. The molecule has 60 heavy (non-hydrogen) atoms. The fraction of sp³-hybridized carbons (Fsp3) is 0.488. The van der Waals surface area contributed by atoms with E-state index >= 15 is 0 Å². The van der Waals surface area contributed by atoms with Crippen LogP contribution in [0.2, 0.25) is 0 Å². The maximum Gasteiger partial charge on any atom is 0.419 e. The van der Waals surface area contributed by atoms with Crippen molar-refractivity contribution in [3.8, 4) is 11.8 Å². The summed E-state index contributed by atoms with van der Waals surface area (Å²) in [4.78, 5) is 60.0. The number of carbonyl (C=O) groups excluding carboxylic acids is 4. The summed E-state index contributed by atoms with van der Waals surface area (Å²) in [6, 6.07) is 14.6. The number of pyridine rings is 1. The predicted molar refractivity (Wildman–Crippen MR) is 222 cm³/mol. The number of nitriles is 1. The highest BCUT2D eigenvalue weighted by molar-refractivity contribution is 7.81. The van der Waals surface area contributed by atoms with E-state index in [1.54, 1.807) is 18.2 Å². The number of imide groups is 1. The molecule has 4 aliphatic rings.